The van der Waals surface area contributed by atoms with Crippen molar-refractivity contribution in [1.82, 2.24) is 18.2 Å². The highest BCUT2D eigenvalue weighted by molar-refractivity contribution is 7.86. The normalized spacial score (nSPS) is 21.3. The van der Waals surface area contributed by atoms with Gasteiger partial charge in [-0.05, 0) is 19.8 Å². The van der Waals surface area contributed by atoms with Crippen molar-refractivity contribution < 1.29 is 8.42 Å². The molecule has 8 heteroatoms. The lowest BCUT2D eigenvalue weighted by atomic mass is 10.1. The number of nitrogens with zero attached hydrogens (tertiary/aromatic N) is 5. The summed E-state index contributed by atoms with van der Waals surface area (Å²) in [6.45, 7) is 4.97. The summed E-state index contributed by atoms with van der Waals surface area (Å²) in [5, 5.41) is 8.89. The van der Waals surface area contributed by atoms with Crippen LogP contribution in [0.25, 0.3) is 0 Å². The molecule has 0 aliphatic carbocycles. The first-order valence-corrected chi connectivity index (χ1v) is 9.42. The molecule has 1 saturated heterocycles. The van der Waals surface area contributed by atoms with E-state index in [9.17, 15) is 8.42 Å². The fourth-order valence-corrected chi connectivity index (χ4v) is 4.55. The van der Waals surface area contributed by atoms with E-state index in [0.29, 0.717) is 13.1 Å². The molecule has 2 rings (SSSR count). The molecular formula is C15H25N5O2S. The summed E-state index contributed by atoms with van der Waals surface area (Å²) in [6.07, 6.45) is 6.31. The monoisotopic (exact) mass is 339 g/mol. The molecule has 1 fully saturated rings. The molecule has 1 aliphatic heterocycles. The second-order valence-electron chi connectivity index (χ2n) is 6.08. The van der Waals surface area contributed by atoms with E-state index < -0.39 is 10.2 Å². The molecule has 0 unspecified atom stereocenters. The Morgan fingerprint density at radius 2 is 2.30 bits per heavy atom. The number of aromatic nitrogens is 2. The maximum atomic E-state index is 12.7. The van der Waals surface area contributed by atoms with Crippen LogP contribution in [0.5, 0.6) is 0 Å². The lowest BCUT2D eigenvalue weighted by Crippen LogP contribution is -2.48. The molecule has 0 N–H and O–H groups in total. The van der Waals surface area contributed by atoms with Crippen LogP contribution < -0.4 is 0 Å². The van der Waals surface area contributed by atoms with Crippen molar-refractivity contribution in [2.24, 2.45) is 5.92 Å². The van der Waals surface area contributed by atoms with E-state index in [1.165, 1.54) is 8.61 Å². The smallest absolute Gasteiger partial charge is 0.281 e. The fraction of sp³-hybridized carbons (Fsp3) is 0.733. The predicted molar refractivity (Wildman–Crippen MR) is 87.8 cm³/mol. The Bertz CT molecular complexity index is 664. The van der Waals surface area contributed by atoms with Gasteiger partial charge in [0, 0.05) is 51.5 Å². The Balaban J connectivity index is 2.13. The van der Waals surface area contributed by atoms with E-state index in [4.69, 9.17) is 5.26 Å². The third-order valence-corrected chi connectivity index (χ3v) is 6.21. The number of aryl methyl sites for hydroxylation is 1. The SMILES string of the molecule is CCc1nccn1[C@@H]1CCCN(S(=O)(=O)N(C)C[C@@H](C)C#N)C1. The Labute approximate surface area is 138 Å². The summed E-state index contributed by atoms with van der Waals surface area (Å²) in [5.41, 5.74) is 0. The minimum atomic E-state index is -3.53. The number of rotatable bonds is 6. The van der Waals surface area contributed by atoms with Crippen molar-refractivity contribution in [3.05, 3.63) is 18.2 Å². The summed E-state index contributed by atoms with van der Waals surface area (Å²) >= 11 is 0. The lowest BCUT2D eigenvalue weighted by Gasteiger charge is -2.35. The van der Waals surface area contributed by atoms with Crippen LogP contribution in [0.15, 0.2) is 12.4 Å². The molecule has 0 spiro atoms. The van der Waals surface area contributed by atoms with E-state index in [1.54, 1.807) is 20.2 Å². The van der Waals surface area contributed by atoms with Gasteiger partial charge in [-0.15, -0.1) is 0 Å². The first-order valence-electron chi connectivity index (χ1n) is 8.02. The topological polar surface area (TPSA) is 82.2 Å². The number of hydrogen-bond donors (Lipinski definition) is 0. The third-order valence-electron chi connectivity index (χ3n) is 4.29. The number of hydrogen-bond acceptors (Lipinski definition) is 4. The van der Waals surface area contributed by atoms with Crippen LogP contribution in [0.1, 0.15) is 38.6 Å². The fourth-order valence-electron chi connectivity index (χ4n) is 3.03. The van der Waals surface area contributed by atoms with Crippen LogP contribution in [0.2, 0.25) is 0 Å². The van der Waals surface area contributed by atoms with Crippen molar-refractivity contribution >= 4 is 10.2 Å². The van der Waals surface area contributed by atoms with Gasteiger partial charge in [-0.3, -0.25) is 0 Å². The molecule has 0 amide bonds. The van der Waals surface area contributed by atoms with Crippen molar-refractivity contribution in [2.45, 2.75) is 39.2 Å². The minimum absolute atomic E-state index is 0.123. The van der Waals surface area contributed by atoms with Crippen LogP contribution in [0, 0.1) is 17.2 Å². The number of nitriles is 1. The molecule has 0 aromatic carbocycles. The van der Waals surface area contributed by atoms with E-state index in [-0.39, 0.29) is 18.5 Å². The highest BCUT2D eigenvalue weighted by atomic mass is 32.2. The first-order chi connectivity index (χ1) is 10.9. The molecule has 1 aromatic rings. The highest BCUT2D eigenvalue weighted by Crippen LogP contribution is 2.25. The molecule has 2 atom stereocenters. The summed E-state index contributed by atoms with van der Waals surface area (Å²) in [5.74, 6) is 0.663. The largest absolute Gasteiger partial charge is 0.331 e. The molecule has 1 aliphatic rings. The number of piperidine rings is 1. The van der Waals surface area contributed by atoms with Crippen molar-refractivity contribution in [3.63, 3.8) is 0 Å². The standard InChI is InChI=1S/C15H25N5O2S/c1-4-15-17-7-9-20(15)14-6-5-8-19(12-14)23(21,22)18(3)11-13(2)10-16/h7,9,13-14H,4-6,8,11-12H2,1-3H3/t13-,14+/m0/s1. The zero-order valence-electron chi connectivity index (χ0n) is 14.0. The Hall–Kier alpha value is -1.43. The lowest BCUT2D eigenvalue weighted by molar-refractivity contribution is 0.247. The second kappa shape index (κ2) is 7.43. The van der Waals surface area contributed by atoms with Crippen molar-refractivity contribution in [1.29, 1.82) is 5.26 Å². The highest BCUT2D eigenvalue weighted by Gasteiger charge is 2.33. The zero-order chi connectivity index (χ0) is 17.0. The van der Waals surface area contributed by atoms with Crippen LogP contribution in [-0.4, -0.2) is 53.3 Å². The average Bonchev–Trinajstić information content (AvgIpc) is 3.03. The molecule has 2 heterocycles. The van der Waals surface area contributed by atoms with Gasteiger partial charge in [-0.2, -0.15) is 22.3 Å². The maximum absolute atomic E-state index is 12.7. The van der Waals surface area contributed by atoms with Gasteiger partial charge in [0.15, 0.2) is 0 Å². The van der Waals surface area contributed by atoms with E-state index in [1.807, 2.05) is 13.1 Å². The van der Waals surface area contributed by atoms with Crippen molar-refractivity contribution in [2.75, 3.05) is 26.7 Å². The second-order valence-corrected chi connectivity index (χ2v) is 8.11. The van der Waals surface area contributed by atoms with E-state index in [2.05, 4.69) is 15.6 Å². The first kappa shape index (κ1) is 17.9. The van der Waals surface area contributed by atoms with Gasteiger partial charge in [0.2, 0.25) is 0 Å². The van der Waals surface area contributed by atoms with Crippen LogP contribution in [-0.2, 0) is 16.6 Å². The van der Waals surface area contributed by atoms with Gasteiger partial charge in [-0.1, -0.05) is 6.92 Å². The summed E-state index contributed by atoms with van der Waals surface area (Å²) in [6, 6.07) is 2.20. The summed E-state index contributed by atoms with van der Waals surface area (Å²) in [4.78, 5) is 4.33. The molecule has 0 bridgehead atoms. The van der Waals surface area contributed by atoms with Crippen LogP contribution >= 0.6 is 0 Å². The Kier molecular flexibility index (Phi) is 5.79. The average molecular weight is 339 g/mol. The quantitative estimate of drug-likeness (QED) is 0.785. The molecular weight excluding hydrogens is 314 g/mol. The zero-order valence-corrected chi connectivity index (χ0v) is 14.8. The Morgan fingerprint density at radius 1 is 1.57 bits per heavy atom. The molecule has 0 saturated carbocycles. The third kappa shape index (κ3) is 3.91. The van der Waals surface area contributed by atoms with Gasteiger partial charge >= 0.3 is 0 Å². The van der Waals surface area contributed by atoms with Crippen LogP contribution in [0.3, 0.4) is 0 Å². The van der Waals surface area contributed by atoms with Gasteiger partial charge in [-0.25, -0.2) is 4.98 Å². The van der Waals surface area contributed by atoms with E-state index >= 15 is 0 Å². The van der Waals surface area contributed by atoms with Gasteiger partial charge in [0.1, 0.15) is 5.82 Å². The van der Waals surface area contributed by atoms with E-state index in [0.717, 1.165) is 25.1 Å². The van der Waals surface area contributed by atoms with Crippen LogP contribution in [0.4, 0.5) is 0 Å². The molecule has 7 nitrogen and oxygen atoms in total. The molecule has 0 radical (unpaired) electrons. The van der Waals surface area contributed by atoms with Gasteiger partial charge < -0.3 is 4.57 Å². The number of imidazole rings is 1. The van der Waals surface area contributed by atoms with Gasteiger partial charge in [0.05, 0.1) is 12.0 Å². The predicted octanol–water partition coefficient (Wildman–Crippen LogP) is 1.42. The molecule has 128 valence electrons. The maximum Gasteiger partial charge on any atom is 0.281 e. The van der Waals surface area contributed by atoms with Gasteiger partial charge in [0.25, 0.3) is 10.2 Å². The Morgan fingerprint density at radius 3 is 2.96 bits per heavy atom. The minimum Gasteiger partial charge on any atom is -0.331 e. The van der Waals surface area contributed by atoms with Crippen molar-refractivity contribution in [3.8, 4) is 6.07 Å². The summed E-state index contributed by atoms with van der Waals surface area (Å²) < 4.78 is 30.4. The molecule has 1 aromatic heterocycles. The summed E-state index contributed by atoms with van der Waals surface area (Å²) in [7, 11) is -1.99. The molecule has 23 heavy (non-hydrogen) atoms.